The monoisotopic (exact) mass is 402 g/mol. The summed E-state index contributed by atoms with van der Waals surface area (Å²) in [7, 11) is 1.69. The molecule has 31 heavy (non-hydrogen) atoms. The quantitative estimate of drug-likeness (QED) is 0.320. The lowest BCUT2D eigenvalue weighted by molar-refractivity contribution is 0.415. The fourth-order valence-corrected chi connectivity index (χ4v) is 3.87. The fourth-order valence-electron chi connectivity index (χ4n) is 3.87. The van der Waals surface area contributed by atoms with Gasteiger partial charge < -0.3 is 4.74 Å². The Morgan fingerprint density at radius 1 is 0.581 bits per heavy atom. The second-order valence-corrected chi connectivity index (χ2v) is 7.28. The number of aromatic nitrogens is 2. The first-order valence-electron chi connectivity index (χ1n) is 10.3. The summed E-state index contributed by atoms with van der Waals surface area (Å²) in [6.45, 7) is 0. The number of benzene rings is 4. The predicted molar refractivity (Wildman–Crippen MR) is 126 cm³/mol. The van der Waals surface area contributed by atoms with Gasteiger partial charge in [0, 0.05) is 16.7 Å². The molecule has 0 aliphatic carbocycles. The van der Waals surface area contributed by atoms with Crippen LogP contribution in [-0.4, -0.2) is 16.9 Å². The van der Waals surface area contributed by atoms with Gasteiger partial charge in [0.05, 0.1) is 18.5 Å². The van der Waals surface area contributed by atoms with E-state index in [-0.39, 0.29) is 0 Å². The number of hydrogen-bond donors (Lipinski definition) is 0. The number of methoxy groups -OCH3 is 1. The Bertz CT molecular complexity index is 1280. The predicted octanol–water partition coefficient (Wildman–Crippen LogP) is 6.88. The summed E-state index contributed by atoms with van der Waals surface area (Å²) in [5, 5.41) is 5.13. The van der Waals surface area contributed by atoms with Gasteiger partial charge in [-0.2, -0.15) is 5.10 Å². The first-order valence-corrected chi connectivity index (χ1v) is 10.3. The van der Waals surface area contributed by atoms with E-state index in [1.807, 2.05) is 47.1 Å². The molecule has 1 aromatic heterocycles. The molecule has 4 aromatic carbocycles. The van der Waals surface area contributed by atoms with Crippen LogP contribution >= 0.6 is 0 Å². The number of hydrogen-bond acceptors (Lipinski definition) is 2. The second kappa shape index (κ2) is 8.33. The molecule has 0 N–H and O–H groups in total. The zero-order valence-corrected chi connectivity index (χ0v) is 17.3. The van der Waals surface area contributed by atoms with Crippen LogP contribution in [0.5, 0.6) is 5.75 Å². The van der Waals surface area contributed by atoms with Crippen molar-refractivity contribution in [3.63, 3.8) is 0 Å². The Balaban J connectivity index is 1.86. The van der Waals surface area contributed by atoms with Crippen molar-refractivity contribution < 1.29 is 4.74 Å². The summed E-state index contributed by atoms with van der Waals surface area (Å²) < 4.78 is 7.44. The van der Waals surface area contributed by atoms with Crippen molar-refractivity contribution in [2.24, 2.45) is 0 Å². The highest BCUT2D eigenvalue weighted by atomic mass is 16.5. The third-order valence-corrected chi connectivity index (χ3v) is 5.36. The van der Waals surface area contributed by atoms with Crippen LogP contribution in [0.25, 0.3) is 39.3 Å². The summed E-state index contributed by atoms with van der Waals surface area (Å²) in [5.74, 6) is 0.832. The Labute approximate surface area is 182 Å². The fraction of sp³-hybridized carbons (Fsp3) is 0.0357. The van der Waals surface area contributed by atoms with Gasteiger partial charge in [-0.25, -0.2) is 4.68 Å². The van der Waals surface area contributed by atoms with Gasteiger partial charge in [0.15, 0.2) is 0 Å². The van der Waals surface area contributed by atoms with Crippen molar-refractivity contribution in [2.45, 2.75) is 0 Å². The minimum atomic E-state index is 0.832. The van der Waals surface area contributed by atoms with Crippen molar-refractivity contribution in [2.75, 3.05) is 7.11 Å². The normalized spacial score (nSPS) is 10.7. The van der Waals surface area contributed by atoms with E-state index < -0.39 is 0 Å². The topological polar surface area (TPSA) is 27.1 Å². The maximum absolute atomic E-state index is 5.39. The van der Waals surface area contributed by atoms with Crippen LogP contribution in [0.1, 0.15) is 0 Å². The molecule has 0 spiro atoms. The summed E-state index contributed by atoms with van der Waals surface area (Å²) in [6.07, 6.45) is 0. The van der Waals surface area contributed by atoms with Crippen molar-refractivity contribution in [1.82, 2.24) is 9.78 Å². The third kappa shape index (κ3) is 3.62. The van der Waals surface area contributed by atoms with E-state index in [1.165, 1.54) is 0 Å². The Kier molecular flexibility index (Phi) is 5.07. The maximum atomic E-state index is 5.39. The molecule has 5 rings (SSSR count). The van der Waals surface area contributed by atoms with Gasteiger partial charge in [0.25, 0.3) is 0 Å². The first kappa shape index (κ1) is 18.9. The molecule has 0 unspecified atom stereocenters. The number of nitrogens with zero attached hydrogens (tertiary/aromatic N) is 2. The zero-order valence-electron chi connectivity index (χ0n) is 17.3. The molecular weight excluding hydrogens is 380 g/mol. The molecule has 0 aliphatic rings. The van der Waals surface area contributed by atoms with Crippen LogP contribution in [-0.2, 0) is 0 Å². The molecule has 0 fully saturated rings. The molecule has 150 valence electrons. The second-order valence-electron chi connectivity index (χ2n) is 7.28. The summed E-state index contributed by atoms with van der Waals surface area (Å²) >= 11 is 0. The van der Waals surface area contributed by atoms with Gasteiger partial charge in [0.2, 0.25) is 0 Å². The minimum absolute atomic E-state index is 0.832. The van der Waals surface area contributed by atoms with Crippen LogP contribution < -0.4 is 4.74 Å². The molecule has 0 saturated carbocycles. The van der Waals surface area contributed by atoms with Gasteiger partial charge in [-0.05, 0) is 42.0 Å². The molecule has 0 radical (unpaired) electrons. The van der Waals surface area contributed by atoms with E-state index in [0.717, 1.165) is 45.1 Å². The summed E-state index contributed by atoms with van der Waals surface area (Å²) in [6, 6.07) is 39.3. The molecule has 0 amide bonds. The van der Waals surface area contributed by atoms with Gasteiger partial charge in [0.1, 0.15) is 11.4 Å². The smallest absolute Gasteiger partial charge is 0.118 e. The zero-order chi connectivity index (χ0) is 21.0. The van der Waals surface area contributed by atoms with Crippen LogP contribution in [0.4, 0.5) is 0 Å². The molecule has 1 heterocycles. The first-order chi connectivity index (χ1) is 15.3. The summed E-state index contributed by atoms with van der Waals surface area (Å²) in [5.41, 5.74) is 7.45. The highest BCUT2D eigenvalue weighted by Gasteiger charge is 2.22. The van der Waals surface area contributed by atoms with Crippen LogP contribution in [0.15, 0.2) is 115 Å². The van der Waals surface area contributed by atoms with E-state index in [9.17, 15) is 0 Å². The third-order valence-electron chi connectivity index (χ3n) is 5.36. The molecule has 3 heteroatoms. The number of ether oxygens (including phenoxy) is 1. The molecule has 3 nitrogen and oxygen atoms in total. The van der Waals surface area contributed by atoms with Crippen molar-refractivity contribution in [3.8, 4) is 45.1 Å². The highest BCUT2D eigenvalue weighted by Crippen LogP contribution is 2.41. The van der Waals surface area contributed by atoms with Crippen LogP contribution in [0, 0.1) is 0 Å². The Morgan fingerprint density at radius 2 is 1.13 bits per heavy atom. The molecule has 0 bridgehead atoms. The van der Waals surface area contributed by atoms with E-state index >= 15 is 0 Å². The van der Waals surface area contributed by atoms with Crippen molar-refractivity contribution >= 4 is 0 Å². The lowest BCUT2D eigenvalue weighted by Crippen LogP contribution is -1.99. The van der Waals surface area contributed by atoms with Gasteiger partial charge >= 0.3 is 0 Å². The van der Waals surface area contributed by atoms with Crippen molar-refractivity contribution in [3.05, 3.63) is 115 Å². The van der Waals surface area contributed by atoms with E-state index in [4.69, 9.17) is 9.84 Å². The largest absolute Gasteiger partial charge is 0.497 e. The Hall–Kier alpha value is -4.11. The minimum Gasteiger partial charge on any atom is -0.497 e. The van der Waals surface area contributed by atoms with Gasteiger partial charge in [-0.15, -0.1) is 0 Å². The van der Waals surface area contributed by atoms with Gasteiger partial charge in [-0.3, -0.25) is 0 Å². The highest BCUT2D eigenvalue weighted by molar-refractivity contribution is 5.92. The maximum Gasteiger partial charge on any atom is 0.118 e. The standard InChI is InChI=1S/C28H22N2O/c1-31-25-19-17-23(18-20-25)28-26(21-11-5-2-6-12-21)27(22-13-7-3-8-14-22)29-30(28)24-15-9-4-10-16-24/h2-20H,1H3. The molecule has 0 aliphatic heterocycles. The number of para-hydroxylation sites is 1. The van der Waals surface area contributed by atoms with E-state index in [1.54, 1.807) is 7.11 Å². The van der Waals surface area contributed by atoms with E-state index in [0.29, 0.717) is 0 Å². The van der Waals surface area contributed by atoms with Crippen LogP contribution in [0.3, 0.4) is 0 Å². The van der Waals surface area contributed by atoms with Crippen molar-refractivity contribution in [1.29, 1.82) is 0 Å². The molecule has 0 atom stereocenters. The molecule has 5 aromatic rings. The molecular formula is C28H22N2O. The lowest BCUT2D eigenvalue weighted by atomic mass is 9.95. The lowest BCUT2D eigenvalue weighted by Gasteiger charge is -2.11. The summed E-state index contributed by atoms with van der Waals surface area (Å²) in [4.78, 5) is 0. The van der Waals surface area contributed by atoms with E-state index in [2.05, 4.69) is 72.8 Å². The average Bonchev–Trinajstić information content (AvgIpc) is 3.26. The average molecular weight is 402 g/mol. The Morgan fingerprint density at radius 3 is 1.71 bits per heavy atom. The molecule has 0 saturated heterocycles. The van der Waals surface area contributed by atoms with Gasteiger partial charge in [-0.1, -0.05) is 78.9 Å². The van der Waals surface area contributed by atoms with Crippen LogP contribution in [0.2, 0.25) is 0 Å². The SMILES string of the molecule is COc1ccc(-c2c(-c3ccccc3)c(-c3ccccc3)nn2-c2ccccc2)cc1. The number of rotatable bonds is 5.